The van der Waals surface area contributed by atoms with Gasteiger partial charge >= 0.3 is 0 Å². The van der Waals surface area contributed by atoms with Gasteiger partial charge in [0.15, 0.2) is 11.5 Å². The molecule has 26 heavy (non-hydrogen) atoms. The highest BCUT2D eigenvalue weighted by molar-refractivity contribution is 5.49. The third kappa shape index (κ3) is 3.92. The largest absolute Gasteiger partial charge is 0.493 e. The molecule has 0 aromatic heterocycles. The van der Waals surface area contributed by atoms with Crippen molar-refractivity contribution < 1.29 is 19.1 Å². The lowest BCUT2D eigenvalue weighted by Gasteiger charge is -2.13. The second-order valence-corrected chi connectivity index (χ2v) is 5.54. The highest BCUT2D eigenvalue weighted by Gasteiger charge is 2.09. The van der Waals surface area contributed by atoms with Gasteiger partial charge in [0.25, 0.3) is 5.69 Å². The molecule has 0 fully saturated rings. The smallest absolute Gasteiger partial charge is 0.269 e. The third-order valence-corrected chi connectivity index (χ3v) is 3.70. The van der Waals surface area contributed by atoms with Crippen molar-refractivity contribution >= 4 is 5.69 Å². The lowest BCUT2D eigenvalue weighted by atomic mass is 10.2. The first kappa shape index (κ1) is 17.3. The van der Waals surface area contributed by atoms with E-state index in [9.17, 15) is 10.1 Å². The Morgan fingerprint density at radius 2 is 1.50 bits per heavy atom. The maximum absolute atomic E-state index is 10.7. The van der Waals surface area contributed by atoms with Crippen molar-refractivity contribution in [3.63, 3.8) is 0 Å². The summed E-state index contributed by atoms with van der Waals surface area (Å²) in [6, 6.07) is 18.7. The van der Waals surface area contributed by atoms with Gasteiger partial charge in [-0.2, -0.15) is 0 Å². The molecule has 0 aliphatic heterocycles. The molecule has 0 aliphatic rings. The van der Waals surface area contributed by atoms with E-state index in [1.807, 2.05) is 31.2 Å². The summed E-state index contributed by atoms with van der Waals surface area (Å²) in [7, 11) is 1.60. The van der Waals surface area contributed by atoms with E-state index < -0.39 is 4.92 Å². The molecule has 6 nitrogen and oxygen atoms in total. The topological polar surface area (TPSA) is 70.8 Å². The van der Waals surface area contributed by atoms with Crippen molar-refractivity contribution in [1.29, 1.82) is 0 Å². The van der Waals surface area contributed by atoms with Gasteiger partial charge in [-0.05, 0) is 42.8 Å². The van der Waals surface area contributed by atoms with Crippen LogP contribution in [0.4, 0.5) is 5.69 Å². The Balaban J connectivity index is 1.78. The van der Waals surface area contributed by atoms with Crippen molar-refractivity contribution in [2.75, 3.05) is 7.11 Å². The number of ether oxygens (including phenoxy) is 3. The van der Waals surface area contributed by atoms with Crippen molar-refractivity contribution in [3.8, 4) is 28.7 Å². The zero-order valence-electron chi connectivity index (χ0n) is 14.3. The number of para-hydroxylation sites is 1. The van der Waals surface area contributed by atoms with Gasteiger partial charge in [-0.25, -0.2) is 0 Å². The molecular formula is C20H17NO5. The van der Waals surface area contributed by atoms with Gasteiger partial charge in [0.05, 0.1) is 12.0 Å². The standard InChI is InChI=1S/C20H17NO5/c1-14-5-3-8-19(20(14)24-2)26-18-7-4-6-17(13-18)25-16-11-9-15(10-12-16)21(22)23/h3-13H,1-2H3. The maximum Gasteiger partial charge on any atom is 0.269 e. The van der Waals surface area contributed by atoms with E-state index >= 15 is 0 Å². The van der Waals surface area contributed by atoms with E-state index in [0.29, 0.717) is 28.7 Å². The molecule has 0 bridgehead atoms. The predicted octanol–water partition coefficient (Wildman–Crippen LogP) is 5.50. The fourth-order valence-corrected chi connectivity index (χ4v) is 2.47. The molecule has 0 N–H and O–H groups in total. The summed E-state index contributed by atoms with van der Waals surface area (Å²) in [6.45, 7) is 1.94. The van der Waals surface area contributed by atoms with Crippen molar-refractivity contribution in [1.82, 2.24) is 0 Å². The summed E-state index contributed by atoms with van der Waals surface area (Å²) in [5.74, 6) is 2.94. The molecule has 6 heteroatoms. The molecule has 0 saturated heterocycles. The third-order valence-electron chi connectivity index (χ3n) is 3.70. The van der Waals surface area contributed by atoms with Gasteiger partial charge in [0.2, 0.25) is 0 Å². The van der Waals surface area contributed by atoms with Crippen molar-refractivity contribution in [3.05, 3.63) is 82.4 Å². The number of rotatable bonds is 6. The molecule has 3 rings (SSSR count). The number of nitro benzene ring substituents is 1. The minimum Gasteiger partial charge on any atom is -0.493 e. The van der Waals surface area contributed by atoms with Crippen LogP contribution in [0.1, 0.15) is 5.56 Å². The van der Waals surface area contributed by atoms with Crippen LogP contribution < -0.4 is 14.2 Å². The van der Waals surface area contributed by atoms with E-state index in [2.05, 4.69) is 0 Å². The molecule has 3 aromatic rings. The summed E-state index contributed by atoms with van der Waals surface area (Å²) in [5.41, 5.74) is 0.990. The first-order chi connectivity index (χ1) is 12.6. The molecular weight excluding hydrogens is 334 g/mol. The summed E-state index contributed by atoms with van der Waals surface area (Å²) in [6.07, 6.45) is 0. The van der Waals surface area contributed by atoms with Crippen LogP contribution in [0, 0.1) is 17.0 Å². The Labute approximate surface area is 150 Å². The average molecular weight is 351 g/mol. The molecule has 132 valence electrons. The highest BCUT2D eigenvalue weighted by Crippen LogP contribution is 2.35. The zero-order chi connectivity index (χ0) is 18.5. The number of hydrogen-bond acceptors (Lipinski definition) is 5. The molecule has 0 aliphatic carbocycles. The van der Waals surface area contributed by atoms with Crippen molar-refractivity contribution in [2.24, 2.45) is 0 Å². The number of benzene rings is 3. The summed E-state index contributed by atoms with van der Waals surface area (Å²) in [5, 5.41) is 10.7. The van der Waals surface area contributed by atoms with Crippen LogP contribution in [0.25, 0.3) is 0 Å². The number of aryl methyl sites for hydroxylation is 1. The van der Waals surface area contributed by atoms with Crippen LogP contribution in [-0.4, -0.2) is 12.0 Å². The molecule has 0 saturated carbocycles. The van der Waals surface area contributed by atoms with Gasteiger partial charge in [-0.1, -0.05) is 18.2 Å². The fraction of sp³-hybridized carbons (Fsp3) is 0.100. The van der Waals surface area contributed by atoms with E-state index in [1.54, 1.807) is 37.4 Å². The number of methoxy groups -OCH3 is 1. The van der Waals surface area contributed by atoms with E-state index in [-0.39, 0.29) is 5.69 Å². The second kappa shape index (κ2) is 7.57. The number of nitrogens with zero attached hydrogens (tertiary/aromatic N) is 1. The van der Waals surface area contributed by atoms with Gasteiger partial charge < -0.3 is 14.2 Å². The van der Waals surface area contributed by atoms with Gasteiger partial charge in [-0.3, -0.25) is 10.1 Å². The van der Waals surface area contributed by atoms with Crippen LogP contribution in [0.3, 0.4) is 0 Å². The molecule has 0 atom stereocenters. The molecule has 0 heterocycles. The molecule has 0 amide bonds. The summed E-state index contributed by atoms with van der Waals surface area (Å²) < 4.78 is 17.0. The Hall–Kier alpha value is -3.54. The molecule has 0 spiro atoms. The SMILES string of the molecule is COc1c(C)cccc1Oc1cccc(Oc2ccc([N+](=O)[O-])cc2)c1. The minimum absolute atomic E-state index is 0.0148. The van der Waals surface area contributed by atoms with E-state index in [4.69, 9.17) is 14.2 Å². The van der Waals surface area contributed by atoms with Crippen LogP contribution >= 0.6 is 0 Å². The molecule has 0 radical (unpaired) electrons. The molecule has 0 unspecified atom stereocenters. The van der Waals surface area contributed by atoms with E-state index in [1.165, 1.54) is 12.1 Å². The summed E-state index contributed by atoms with van der Waals surface area (Å²) >= 11 is 0. The molecule has 3 aromatic carbocycles. The van der Waals surface area contributed by atoms with Gasteiger partial charge in [0.1, 0.15) is 17.2 Å². The Morgan fingerprint density at radius 3 is 2.15 bits per heavy atom. The lowest BCUT2D eigenvalue weighted by molar-refractivity contribution is -0.384. The predicted molar refractivity (Wildman–Crippen MR) is 97.4 cm³/mol. The Kier molecular flexibility index (Phi) is 5.03. The minimum atomic E-state index is -0.451. The first-order valence-electron chi connectivity index (χ1n) is 7.90. The fourth-order valence-electron chi connectivity index (χ4n) is 2.47. The zero-order valence-corrected chi connectivity index (χ0v) is 14.3. The quantitative estimate of drug-likeness (QED) is 0.433. The normalized spacial score (nSPS) is 10.2. The van der Waals surface area contributed by atoms with Gasteiger partial charge in [-0.15, -0.1) is 0 Å². The Bertz CT molecular complexity index is 922. The monoisotopic (exact) mass is 351 g/mol. The van der Waals surface area contributed by atoms with Crippen LogP contribution in [-0.2, 0) is 0 Å². The van der Waals surface area contributed by atoms with Gasteiger partial charge in [0, 0.05) is 18.2 Å². The second-order valence-electron chi connectivity index (χ2n) is 5.54. The highest BCUT2D eigenvalue weighted by atomic mass is 16.6. The van der Waals surface area contributed by atoms with Crippen molar-refractivity contribution in [2.45, 2.75) is 6.92 Å². The lowest BCUT2D eigenvalue weighted by Crippen LogP contribution is -1.93. The number of hydrogen-bond donors (Lipinski definition) is 0. The average Bonchev–Trinajstić information content (AvgIpc) is 2.63. The van der Waals surface area contributed by atoms with Crippen LogP contribution in [0.5, 0.6) is 28.7 Å². The van der Waals surface area contributed by atoms with E-state index in [0.717, 1.165) is 5.56 Å². The number of nitro groups is 1. The Morgan fingerprint density at radius 1 is 0.846 bits per heavy atom. The van der Waals surface area contributed by atoms with Crippen LogP contribution in [0.15, 0.2) is 66.7 Å². The van der Waals surface area contributed by atoms with Crippen LogP contribution in [0.2, 0.25) is 0 Å². The first-order valence-corrected chi connectivity index (χ1v) is 7.90. The maximum atomic E-state index is 10.7. The summed E-state index contributed by atoms with van der Waals surface area (Å²) in [4.78, 5) is 10.3. The number of non-ortho nitro benzene ring substituents is 1.